The number of aryl methyl sites for hydroxylation is 2. The highest BCUT2D eigenvalue weighted by Gasteiger charge is 2.00. The van der Waals surface area contributed by atoms with Crippen molar-refractivity contribution in [2.75, 3.05) is 19.6 Å². The third-order valence-electron chi connectivity index (χ3n) is 2.90. The predicted molar refractivity (Wildman–Crippen MR) is 70.8 cm³/mol. The smallest absolute Gasteiger partial charge is 0.0210 e. The molecule has 0 spiro atoms. The average molecular weight is 220 g/mol. The van der Waals surface area contributed by atoms with E-state index in [1.165, 1.54) is 23.1 Å². The highest BCUT2D eigenvalue weighted by Crippen LogP contribution is 2.12. The Balaban J connectivity index is 2.26. The fraction of sp³-hybridized carbons (Fsp3) is 0.571. The van der Waals surface area contributed by atoms with Crippen LogP contribution in [0.1, 0.15) is 30.0 Å². The molecule has 0 radical (unpaired) electrons. The Hall–Kier alpha value is -0.860. The van der Waals surface area contributed by atoms with E-state index in [0.717, 1.165) is 26.2 Å². The molecule has 1 aromatic carbocycles. The van der Waals surface area contributed by atoms with Crippen LogP contribution in [-0.4, -0.2) is 19.6 Å². The molecular formula is C14H24N2. The Labute approximate surface area is 99.5 Å². The zero-order valence-electron chi connectivity index (χ0n) is 10.8. The van der Waals surface area contributed by atoms with Gasteiger partial charge in [-0.25, -0.2) is 0 Å². The molecule has 0 bridgehead atoms. The summed E-state index contributed by atoms with van der Waals surface area (Å²) in [6.07, 6.45) is 1.19. The molecule has 0 aliphatic heterocycles. The highest BCUT2D eigenvalue weighted by molar-refractivity contribution is 5.33. The second-order valence-electron chi connectivity index (χ2n) is 4.25. The van der Waals surface area contributed by atoms with Crippen LogP contribution in [0.5, 0.6) is 0 Å². The van der Waals surface area contributed by atoms with Crippen molar-refractivity contribution in [2.24, 2.45) is 0 Å². The predicted octanol–water partition coefficient (Wildman–Crippen LogP) is 2.39. The van der Waals surface area contributed by atoms with Crippen molar-refractivity contribution in [1.29, 1.82) is 0 Å². The van der Waals surface area contributed by atoms with E-state index in [2.05, 4.69) is 49.6 Å². The van der Waals surface area contributed by atoms with E-state index in [9.17, 15) is 0 Å². The molecule has 2 heteroatoms. The SMILES string of the molecule is CCNCCCNCc1c(C)cccc1C. The standard InChI is InChI=1S/C14H24N2/c1-4-15-9-6-10-16-11-14-12(2)7-5-8-13(14)3/h5,7-8,15-16H,4,6,9-11H2,1-3H3. The molecule has 1 aromatic rings. The number of hydrogen-bond acceptors (Lipinski definition) is 2. The van der Waals surface area contributed by atoms with Crippen LogP contribution in [0.15, 0.2) is 18.2 Å². The fourth-order valence-electron chi connectivity index (χ4n) is 1.86. The van der Waals surface area contributed by atoms with Crippen molar-refractivity contribution in [3.05, 3.63) is 34.9 Å². The van der Waals surface area contributed by atoms with Crippen molar-refractivity contribution in [1.82, 2.24) is 10.6 Å². The number of benzene rings is 1. The van der Waals surface area contributed by atoms with E-state index in [0.29, 0.717) is 0 Å². The van der Waals surface area contributed by atoms with Gasteiger partial charge in [-0.05, 0) is 56.6 Å². The monoisotopic (exact) mass is 220 g/mol. The van der Waals surface area contributed by atoms with Crippen molar-refractivity contribution in [3.63, 3.8) is 0 Å². The maximum Gasteiger partial charge on any atom is 0.0210 e. The van der Waals surface area contributed by atoms with Crippen LogP contribution in [0.3, 0.4) is 0 Å². The molecule has 2 N–H and O–H groups in total. The molecule has 0 aliphatic rings. The fourth-order valence-corrected chi connectivity index (χ4v) is 1.86. The van der Waals surface area contributed by atoms with Gasteiger partial charge in [0.15, 0.2) is 0 Å². The molecule has 16 heavy (non-hydrogen) atoms. The summed E-state index contributed by atoms with van der Waals surface area (Å²) in [6, 6.07) is 6.49. The Morgan fingerprint density at radius 1 is 1.00 bits per heavy atom. The highest BCUT2D eigenvalue weighted by atomic mass is 14.9. The van der Waals surface area contributed by atoms with Gasteiger partial charge in [-0.1, -0.05) is 25.1 Å². The zero-order chi connectivity index (χ0) is 11.8. The van der Waals surface area contributed by atoms with Crippen molar-refractivity contribution in [3.8, 4) is 0 Å². The van der Waals surface area contributed by atoms with Crippen molar-refractivity contribution < 1.29 is 0 Å². The van der Waals surface area contributed by atoms with E-state index in [4.69, 9.17) is 0 Å². The van der Waals surface area contributed by atoms with Crippen LogP contribution < -0.4 is 10.6 Å². The second kappa shape index (κ2) is 7.42. The summed E-state index contributed by atoms with van der Waals surface area (Å²) in [5.41, 5.74) is 4.23. The Bertz CT molecular complexity index is 287. The molecule has 0 fully saturated rings. The summed E-state index contributed by atoms with van der Waals surface area (Å²) in [5.74, 6) is 0. The topological polar surface area (TPSA) is 24.1 Å². The minimum absolute atomic E-state index is 0.991. The number of rotatable bonds is 7. The first-order valence-corrected chi connectivity index (χ1v) is 6.22. The molecule has 0 aliphatic carbocycles. The Morgan fingerprint density at radius 2 is 1.62 bits per heavy atom. The van der Waals surface area contributed by atoms with Crippen LogP contribution in [0.4, 0.5) is 0 Å². The minimum atomic E-state index is 0.991. The zero-order valence-corrected chi connectivity index (χ0v) is 10.8. The van der Waals surface area contributed by atoms with Gasteiger partial charge in [0.25, 0.3) is 0 Å². The van der Waals surface area contributed by atoms with Gasteiger partial charge < -0.3 is 10.6 Å². The summed E-state index contributed by atoms with van der Waals surface area (Å²) in [5, 5.41) is 6.83. The van der Waals surface area contributed by atoms with Gasteiger partial charge in [-0.2, -0.15) is 0 Å². The van der Waals surface area contributed by atoms with Gasteiger partial charge in [0.05, 0.1) is 0 Å². The van der Waals surface area contributed by atoms with E-state index < -0.39 is 0 Å². The molecule has 2 nitrogen and oxygen atoms in total. The van der Waals surface area contributed by atoms with Crippen LogP contribution >= 0.6 is 0 Å². The lowest BCUT2D eigenvalue weighted by Gasteiger charge is -2.10. The number of hydrogen-bond donors (Lipinski definition) is 2. The lowest BCUT2D eigenvalue weighted by Crippen LogP contribution is -2.22. The van der Waals surface area contributed by atoms with Crippen molar-refractivity contribution in [2.45, 2.75) is 33.7 Å². The number of nitrogens with one attached hydrogen (secondary N) is 2. The van der Waals surface area contributed by atoms with E-state index in [1.807, 2.05) is 0 Å². The van der Waals surface area contributed by atoms with Crippen molar-refractivity contribution >= 4 is 0 Å². The molecule has 90 valence electrons. The van der Waals surface area contributed by atoms with Gasteiger partial charge in [0.2, 0.25) is 0 Å². The Kier molecular flexibility index (Phi) is 6.12. The molecule has 0 heterocycles. The third-order valence-corrected chi connectivity index (χ3v) is 2.90. The summed E-state index contributed by atoms with van der Waals surface area (Å²) in [6.45, 7) is 10.8. The first-order valence-electron chi connectivity index (χ1n) is 6.22. The van der Waals surface area contributed by atoms with Crippen LogP contribution in [-0.2, 0) is 6.54 Å². The first-order chi connectivity index (χ1) is 7.75. The summed E-state index contributed by atoms with van der Waals surface area (Å²) >= 11 is 0. The van der Waals surface area contributed by atoms with E-state index in [1.54, 1.807) is 0 Å². The maximum atomic E-state index is 3.50. The minimum Gasteiger partial charge on any atom is -0.317 e. The summed E-state index contributed by atoms with van der Waals surface area (Å²) < 4.78 is 0. The molecule has 0 aromatic heterocycles. The summed E-state index contributed by atoms with van der Waals surface area (Å²) in [7, 11) is 0. The first kappa shape index (κ1) is 13.2. The normalized spacial score (nSPS) is 10.7. The van der Waals surface area contributed by atoms with E-state index in [-0.39, 0.29) is 0 Å². The van der Waals surface area contributed by atoms with Crippen LogP contribution in [0.2, 0.25) is 0 Å². The molecular weight excluding hydrogens is 196 g/mol. The Morgan fingerprint density at radius 3 is 2.25 bits per heavy atom. The maximum absolute atomic E-state index is 3.50. The van der Waals surface area contributed by atoms with E-state index >= 15 is 0 Å². The second-order valence-corrected chi connectivity index (χ2v) is 4.25. The van der Waals surface area contributed by atoms with Crippen LogP contribution in [0.25, 0.3) is 0 Å². The average Bonchev–Trinajstić information content (AvgIpc) is 2.26. The third kappa shape index (κ3) is 4.33. The molecule has 0 unspecified atom stereocenters. The molecule has 0 atom stereocenters. The molecule has 0 saturated carbocycles. The van der Waals surface area contributed by atoms with Crippen LogP contribution in [0, 0.1) is 13.8 Å². The lowest BCUT2D eigenvalue weighted by molar-refractivity contribution is 0.604. The van der Waals surface area contributed by atoms with Gasteiger partial charge in [0, 0.05) is 6.54 Å². The quantitative estimate of drug-likeness (QED) is 0.690. The molecule has 1 rings (SSSR count). The molecule has 0 amide bonds. The molecule has 0 saturated heterocycles. The van der Waals surface area contributed by atoms with Gasteiger partial charge >= 0.3 is 0 Å². The van der Waals surface area contributed by atoms with Gasteiger partial charge in [0.1, 0.15) is 0 Å². The lowest BCUT2D eigenvalue weighted by atomic mass is 10.0. The largest absolute Gasteiger partial charge is 0.317 e. The van der Waals surface area contributed by atoms with Gasteiger partial charge in [-0.3, -0.25) is 0 Å². The summed E-state index contributed by atoms with van der Waals surface area (Å²) in [4.78, 5) is 0. The van der Waals surface area contributed by atoms with Gasteiger partial charge in [-0.15, -0.1) is 0 Å².